The molecule has 94 valence electrons. The van der Waals surface area contributed by atoms with Crippen molar-refractivity contribution in [2.45, 2.75) is 31.6 Å². The number of nitrogen functional groups attached to an aromatic ring is 1. The van der Waals surface area contributed by atoms with E-state index in [0.717, 1.165) is 25.0 Å². The maximum Gasteiger partial charge on any atom is 0.273 e. The van der Waals surface area contributed by atoms with Crippen molar-refractivity contribution in [3.05, 3.63) is 11.4 Å². The average molecular weight is 238 g/mol. The highest BCUT2D eigenvalue weighted by Gasteiger charge is 2.30. The van der Waals surface area contributed by atoms with Crippen LogP contribution in [0.5, 0.6) is 0 Å². The first kappa shape index (κ1) is 11.9. The van der Waals surface area contributed by atoms with Crippen molar-refractivity contribution in [3.8, 4) is 0 Å². The number of unbranched alkanes of at least 4 members (excludes halogenated alkanes) is 1. The van der Waals surface area contributed by atoms with E-state index in [-0.39, 0.29) is 18.2 Å². The van der Waals surface area contributed by atoms with Gasteiger partial charge in [0, 0.05) is 19.1 Å². The lowest BCUT2D eigenvalue weighted by atomic mass is 10.2. The van der Waals surface area contributed by atoms with Gasteiger partial charge >= 0.3 is 0 Å². The molecule has 0 aliphatic heterocycles. The zero-order valence-electron chi connectivity index (χ0n) is 9.70. The lowest BCUT2D eigenvalue weighted by Crippen LogP contribution is -2.25. The number of hydrogen-bond acceptors (Lipinski definition) is 4. The molecular formula is C11H18N4O2. The van der Waals surface area contributed by atoms with Crippen molar-refractivity contribution < 1.29 is 9.90 Å². The molecule has 5 N–H and O–H groups in total. The molecule has 2 rings (SSSR count). The Morgan fingerprint density at radius 2 is 2.29 bits per heavy atom. The van der Waals surface area contributed by atoms with Crippen LogP contribution < -0.4 is 11.1 Å². The van der Waals surface area contributed by atoms with Crippen LogP contribution in [0.15, 0.2) is 0 Å². The number of rotatable bonds is 6. The molecule has 1 aromatic heterocycles. The zero-order chi connectivity index (χ0) is 12.3. The van der Waals surface area contributed by atoms with Crippen LogP contribution in [-0.2, 0) is 0 Å². The summed E-state index contributed by atoms with van der Waals surface area (Å²) in [4.78, 5) is 11.7. The van der Waals surface area contributed by atoms with Gasteiger partial charge in [0.05, 0.1) is 11.4 Å². The molecule has 17 heavy (non-hydrogen) atoms. The summed E-state index contributed by atoms with van der Waals surface area (Å²) in [6.07, 6.45) is 3.67. The van der Waals surface area contributed by atoms with Gasteiger partial charge in [0.1, 0.15) is 0 Å². The van der Waals surface area contributed by atoms with E-state index in [9.17, 15) is 4.79 Å². The Labute approximate surface area is 99.6 Å². The van der Waals surface area contributed by atoms with Crippen LogP contribution in [0.3, 0.4) is 0 Å². The van der Waals surface area contributed by atoms with E-state index in [1.165, 1.54) is 0 Å². The number of aliphatic hydroxyl groups excluding tert-OH is 1. The van der Waals surface area contributed by atoms with Gasteiger partial charge in [0.15, 0.2) is 5.69 Å². The first-order valence-corrected chi connectivity index (χ1v) is 5.96. The van der Waals surface area contributed by atoms with Crippen molar-refractivity contribution in [2.75, 3.05) is 18.9 Å². The van der Waals surface area contributed by atoms with Gasteiger partial charge in [-0.3, -0.25) is 9.89 Å². The summed E-state index contributed by atoms with van der Waals surface area (Å²) in [5, 5.41) is 18.2. The van der Waals surface area contributed by atoms with E-state index in [2.05, 4.69) is 15.5 Å². The van der Waals surface area contributed by atoms with Gasteiger partial charge in [0.25, 0.3) is 5.91 Å². The number of nitrogens with one attached hydrogen (secondary N) is 2. The second-order valence-corrected chi connectivity index (χ2v) is 4.36. The van der Waals surface area contributed by atoms with E-state index in [0.29, 0.717) is 24.6 Å². The molecule has 6 heteroatoms. The van der Waals surface area contributed by atoms with Gasteiger partial charge in [-0.25, -0.2) is 0 Å². The van der Waals surface area contributed by atoms with Gasteiger partial charge in [-0.15, -0.1) is 0 Å². The molecule has 1 heterocycles. The molecule has 0 unspecified atom stereocenters. The zero-order valence-corrected chi connectivity index (χ0v) is 9.70. The molecule has 1 aliphatic carbocycles. The number of carbonyl (C=O) groups is 1. The molecule has 6 nitrogen and oxygen atoms in total. The smallest absolute Gasteiger partial charge is 0.273 e. The van der Waals surface area contributed by atoms with E-state index < -0.39 is 0 Å². The third-order valence-corrected chi connectivity index (χ3v) is 2.90. The van der Waals surface area contributed by atoms with Gasteiger partial charge in [-0.05, 0) is 25.7 Å². The monoisotopic (exact) mass is 238 g/mol. The normalized spacial score (nSPS) is 14.9. The van der Waals surface area contributed by atoms with Crippen LogP contribution in [0.1, 0.15) is 47.8 Å². The molecule has 1 saturated carbocycles. The molecular weight excluding hydrogens is 220 g/mol. The molecule has 0 spiro atoms. The second kappa shape index (κ2) is 5.18. The Balaban J connectivity index is 1.90. The number of anilines is 1. The highest BCUT2D eigenvalue weighted by atomic mass is 16.2. The summed E-state index contributed by atoms with van der Waals surface area (Å²) in [7, 11) is 0. The summed E-state index contributed by atoms with van der Waals surface area (Å²) in [5.41, 5.74) is 7.54. The van der Waals surface area contributed by atoms with Crippen LogP contribution in [0, 0.1) is 0 Å². The maximum atomic E-state index is 11.7. The molecule has 0 atom stereocenters. The molecule has 0 saturated heterocycles. The molecule has 1 amide bonds. The topological polar surface area (TPSA) is 104 Å². The lowest BCUT2D eigenvalue weighted by molar-refractivity contribution is 0.0948. The predicted molar refractivity (Wildman–Crippen MR) is 63.6 cm³/mol. The van der Waals surface area contributed by atoms with E-state index >= 15 is 0 Å². The number of nitrogens with zero attached hydrogens (tertiary/aromatic N) is 1. The SMILES string of the molecule is Nc1c(C(=O)NCCCCO)n[nH]c1C1CC1. The fraction of sp³-hybridized carbons (Fsp3) is 0.636. The lowest BCUT2D eigenvalue weighted by Gasteiger charge is -2.02. The van der Waals surface area contributed by atoms with Crippen molar-refractivity contribution >= 4 is 11.6 Å². The molecule has 1 aromatic rings. The second-order valence-electron chi connectivity index (χ2n) is 4.36. The summed E-state index contributed by atoms with van der Waals surface area (Å²) in [5.74, 6) is 0.210. The van der Waals surface area contributed by atoms with Gasteiger partial charge in [-0.1, -0.05) is 0 Å². The Morgan fingerprint density at radius 3 is 2.94 bits per heavy atom. The first-order valence-electron chi connectivity index (χ1n) is 5.96. The van der Waals surface area contributed by atoms with E-state index in [1.54, 1.807) is 0 Å². The van der Waals surface area contributed by atoms with Gasteiger partial charge in [-0.2, -0.15) is 5.10 Å². The van der Waals surface area contributed by atoms with E-state index in [1.807, 2.05) is 0 Å². The quantitative estimate of drug-likeness (QED) is 0.537. The molecule has 1 aliphatic rings. The molecule has 0 aromatic carbocycles. The third-order valence-electron chi connectivity index (χ3n) is 2.90. The Hall–Kier alpha value is -1.56. The summed E-state index contributed by atoms with van der Waals surface area (Å²) >= 11 is 0. The number of hydrogen-bond donors (Lipinski definition) is 4. The number of aromatic amines is 1. The van der Waals surface area contributed by atoms with Crippen LogP contribution in [0.2, 0.25) is 0 Å². The fourth-order valence-corrected chi connectivity index (χ4v) is 1.74. The van der Waals surface area contributed by atoms with Crippen LogP contribution in [0.4, 0.5) is 5.69 Å². The van der Waals surface area contributed by atoms with Crippen LogP contribution in [0.25, 0.3) is 0 Å². The highest BCUT2D eigenvalue weighted by Crippen LogP contribution is 2.42. The predicted octanol–water partition coefficient (Wildman–Crippen LogP) is 0.372. The number of amides is 1. The van der Waals surface area contributed by atoms with Crippen molar-refractivity contribution in [2.24, 2.45) is 0 Å². The number of aromatic nitrogens is 2. The van der Waals surface area contributed by atoms with Crippen LogP contribution in [-0.4, -0.2) is 34.4 Å². The minimum Gasteiger partial charge on any atom is -0.396 e. The first-order chi connectivity index (χ1) is 8.24. The number of aliphatic hydroxyl groups is 1. The number of H-pyrrole nitrogens is 1. The fourth-order valence-electron chi connectivity index (χ4n) is 1.74. The maximum absolute atomic E-state index is 11.7. The van der Waals surface area contributed by atoms with Crippen LogP contribution >= 0.6 is 0 Å². The van der Waals surface area contributed by atoms with Crippen molar-refractivity contribution in [1.29, 1.82) is 0 Å². The standard InChI is InChI=1S/C11H18N4O2/c12-8-9(7-3-4-7)14-15-10(8)11(17)13-5-1-2-6-16/h7,16H,1-6,12H2,(H,13,17)(H,14,15). The molecule has 1 fully saturated rings. The van der Waals surface area contributed by atoms with Gasteiger partial charge < -0.3 is 16.2 Å². The van der Waals surface area contributed by atoms with Gasteiger partial charge in [0.2, 0.25) is 0 Å². The minimum absolute atomic E-state index is 0.145. The Morgan fingerprint density at radius 1 is 1.53 bits per heavy atom. The largest absolute Gasteiger partial charge is 0.396 e. The van der Waals surface area contributed by atoms with E-state index in [4.69, 9.17) is 10.8 Å². The minimum atomic E-state index is -0.247. The summed E-state index contributed by atoms with van der Waals surface area (Å²) in [6.45, 7) is 0.677. The molecule has 0 bridgehead atoms. The third kappa shape index (κ3) is 2.76. The summed E-state index contributed by atoms with van der Waals surface area (Å²) in [6, 6.07) is 0. The Kier molecular flexibility index (Phi) is 3.63. The Bertz CT molecular complexity index is 398. The summed E-state index contributed by atoms with van der Waals surface area (Å²) < 4.78 is 0. The van der Waals surface area contributed by atoms with Crippen molar-refractivity contribution in [1.82, 2.24) is 15.5 Å². The highest BCUT2D eigenvalue weighted by molar-refractivity contribution is 5.97. The molecule has 0 radical (unpaired) electrons. The average Bonchev–Trinajstić information content (AvgIpc) is 3.08. The number of nitrogens with two attached hydrogens (primary N) is 1. The van der Waals surface area contributed by atoms with Crippen molar-refractivity contribution in [3.63, 3.8) is 0 Å². The number of carbonyl (C=O) groups excluding carboxylic acids is 1.